The van der Waals surface area contributed by atoms with Gasteiger partial charge >= 0.3 is 11.7 Å². The van der Waals surface area contributed by atoms with E-state index < -0.39 is 28.8 Å². The molecule has 0 atom stereocenters. The summed E-state index contributed by atoms with van der Waals surface area (Å²) in [6.45, 7) is 1.30. The van der Waals surface area contributed by atoms with Crippen LogP contribution in [-0.2, 0) is 9.53 Å². The number of hydrogen-bond donors (Lipinski definition) is 0. The smallest absolute Gasteiger partial charge is 0.353 e. The third-order valence-electron chi connectivity index (χ3n) is 5.08. The maximum atomic E-state index is 12.9. The average Bonchev–Trinajstić information content (AvgIpc) is 2.65. The second-order valence-electron chi connectivity index (χ2n) is 6.93. The number of rotatable bonds is 6. The van der Waals surface area contributed by atoms with Gasteiger partial charge in [-0.2, -0.15) is 0 Å². The Hall–Kier alpha value is -2.84. The number of nitrogens with zero attached hydrogens (tertiary/aromatic N) is 1. The molecule has 0 saturated heterocycles. The molecule has 1 aromatic carbocycles. The van der Waals surface area contributed by atoms with Crippen molar-refractivity contribution in [3.05, 3.63) is 21.7 Å². The Bertz CT molecular complexity index is 798. The summed E-state index contributed by atoms with van der Waals surface area (Å²) in [7, 11) is 1.36. The monoisotopic (exact) mass is 393 g/mol. The Balaban J connectivity index is 2.06. The summed E-state index contributed by atoms with van der Waals surface area (Å²) >= 11 is 0. The van der Waals surface area contributed by atoms with Gasteiger partial charge in [-0.05, 0) is 32.6 Å². The predicted molar refractivity (Wildman–Crippen MR) is 97.2 cm³/mol. The lowest BCUT2D eigenvalue weighted by Crippen LogP contribution is -2.44. The van der Waals surface area contributed by atoms with Gasteiger partial charge in [0.2, 0.25) is 11.5 Å². The zero-order valence-electron chi connectivity index (χ0n) is 15.9. The maximum Gasteiger partial charge on any atom is 0.353 e. The zero-order valence-corrected chi connectivity index (χ0v) is 15.9. The van der Waals surface area contributed by atoms with Crippen LogP contribution in [0.1, 0.15) is 55.8 Å². The first-order chi connectivity index (χ1) is 13.4. The van der Waals surface area contributed by atoms with Gasteiger partial charge in [-0.25, -0.2) is 4.79 Å². The molecule has 0 N–H and O–H groups in total. The Labute approximate surface area is 162 Å². The molecule has 0 radical (unpaired) electrons. The zero-order chi connectivity index (χ0) is 20.3. The second-order valence-corrected chi connectivity index (χ2v) is 6.93. The van der Waals surface area contributed by atoms with Gasteiger partial charge in [0.05, 0.1) is 25.1 Å². The van der Waals surface area contributed by atoms with Gasteiger partial charge in [-0.15, -0.1) is 0 Å². The van der Waals surface area contributed by atoms with Gasteiger partial charge in [-0.1, -0.05) is 6.42 Å². The maximum absolute atomic E-state index is 12.9. The summed E-state index contributed by atoms with van der Waals surface area (Å²) in [5, 5.41) is 11.8. The molecule has 0 bridgehead atoms. The van der Waals surface area contributed by atoms with E-state index in [1.165, 1.54) is 13.2 Å². The first-order valence-electron chi connectivity index (χ1n) is 9.31. The molecule has 9 heteroatoms. The minimum Gasteiger partial charge on any atom is -0.496 e. The van der Waals surface area contributed by atoms with E-state index in [-0.39, 0.29) is 41.6 Å². The van der Waals surface area contributed by atoms with Crippen LogP contribution in [0.2, 0.25) is 0 Å². The highest BCUT2D eigenvalue weighted by atomic mass is 16.6. The van der Waals surface area contributed by atoms with E-state index in [9.17, 15) is 19.7 Å². The van der Waals surface area contributed by atoms with E-state index in [1.807, 2.05) is 0 Å². The van der Waals surface area contributed by atoms with Crippen LogP contribution in [0.15, 0.2) is 6.07 Å². The molecule has 3 rings (SSSR count). The van der Waals surface area contributed by atoms with E-state index in [1.54, 1.807) is 6.92 Å². The SMILES string of the molecule is CCOC(=O)COc1cc(OC)c2c(c1[N+](=O)[O-])OC1(CCCCC1)CC2=O. The number of ketones is 1. The van der Waals surface area contributed by atoms with Crippen molar-refractivity contribution in [3.63, 3.8) is 0 Å². The topological polar surface area (TPSA) is 114 Å². The predicted octanol–water partition coefficient (Wildman–Crippen LogP) is 3.21. The molecule has 0 unspecified atom stereocenters. The number of hydrogen-bond acceptors (Lipinski definition) is 8. The molecule has 2 aliphatic rings. The summed E-state index contributed by atoms with van der Waals surface area (Å²) in [6, 6.07) is 1.25. The Morgan fingerprint density at radius 3 is 2.61 bits per heavy atom. The molecule has 152 valence electrons. The fourth-order valence-corrected chi connectivity index (χ4v) is 3.86. The number of nitro benzene ring substituents is 1. The van der Waals surface area contributed by atoms with Crippen molar-refractivity contribution in [2.75, 3.05) is 20.3 Å². The van der Waals surface area contributed by atoms with Gasteiger partial charge < -0.3 is 18.9 Å². The number of benzene rings is 1. The van der Waals surface area contributed by atoms with Crippen LogP contribution in [0.25, 0.3) is 0 Å². The minimum atomic E-state index is -0.738. The lowest BCUT2D eigenvalue weighted by Gasteiger charge is -2.40. The van der Waals surface area contributed by atoms with Gasteiger partial charge in [0.25, 0.3) is 0 Å². The van der Waals surface area contributed by atoms with Gasteiger partial charge in [0, 0.05) is 6.07 Å². The summed E-state index contributed by atoms with van der Waals surface area (Å²) in [6.07, 6.45) is 4.31. The Kier molecular flexibility index (Phi) is 5.71. The normalized spacial score (nSPS) is 17.4. The first-order valence-corrected chi connectivity index (χ1v) is 9.31. The van der Waals surface area contributed by atoms with Crippen molar-refractivity contribution in [3.8, 4) is 17.2 Å². The number of esters is 1. The lowest BCUT2D eigenvalue weighted by molar-refractivity contribution is -0.387. The number of methoxy groups -OCH3 is 1. The highest BCUT2D eigenvalue weighted by Gasteiger charge is 2.46. The third kappa shape index (κ3) is 3.74. The van der Waals surface area contributed by atoms with Crippen LogP contribution < -0.4 is 14.2 Å². The minimum absolute atomic E-state index is 0.0499. The highest BCUT2D eigenvalue weighted by molar-refractivity contribution is 6.05. The van der Waals surface area contributed by atoms with Crippen LogP contribution in [-0.4, -0.2) is 42.6 Å². The summed E-state index contributed by atoms with van der Waals surface area (Å²) in [4.78, 5) is 35.6. The van der Waals surface area contributed by atoms with Gasteiger partial charge in [-0.3, -0.25) is 14.9 Å². The van der Waals surface area contributed by atoms with E-state index in [0.717, 1.165) is 19.3 Å². The van der Waals surface area contributed by atoms with Crippen molar-refractivity contribution in [1.29, 1.82) is 0 Å². The van der Waals surface area contributed by atoms with Crippen molar-refractivity contribution >= 4 is 17.4 Å². The summed E-state index contributed by atoms with van der Waals surface area (Å²) in [5.41, 5.74) is -1.16. The van der Waals surface area contributed by atoms with Gasteiger partial charge in [0.15, 0.2) is 12.4 Å². The molecule has 28 heavy (non-hydrogen) atoms. The quantitative estimate of drug-likeness (QED) is 0.411. The highest BCUT2D eigenvalue weighted by Crippen LogP contribution is 2.52. The molecule has 1 spiro atoms. The molecule has 0 amide bonds. The summed E-state index contributed by atoms with van der Waals surface area (Å²) < 4.78 is 21.5. The van der Waals surface area contributed by atoms with Crippen LogP contribution in [0.5, 0.6) is 17.2 Å². The number of nitro groups is 1. The molecule has 9 nitrogen and oxygen atoms in total. The standard InChI is InChI=1S/C19H23NO8/c1-3-26-15(22)11-27-14-9-13(25-2)16-12(21)10-19(7-5-4-6-8-19)28-18(16)17(14)20(23)24/h9H,3-8,10-11H2,1-2H3. The fourth-order valence-electron chi connectivity index (χ4n) is 3.86. The van der Waals surface area contributed by atoms with Crippen LogP contribution in [0.4, 0.5) is 5.69 Å². The molecular weight excluding hydrogens is 370 g/mol. The van der Waals surface area contributed by atoms with Crippen molar-refractivity contribution in [1.82, 2.24) is 0 Å². The molecule has 1 aliphatic heterocycles. The summed E-state index contributed by atoms with van der Waals surface area (Å²) in [5.74, 6) is -1.12. The Morgan fingerprint density at radius 2 is 2.00 bits per heavy atom. The van der Waals surface area contributed by atoms with Crippen molar-refractivity contribution < 1.29 is 33.5 Å². The average molecular weight is 393 g/mol. The van der Waals surface area contributed by atoms with Crippen molar-refractivity contribution in [2.45, 2.75) is 51.0 Å². The first kappa shape index (κ1) is 19.9. The Morgan fingerprint density at radius 1 is 1.29 bits per heavy atom. The third-order valence-corrected chi connectivity index (χ3v) is 5.08. The number of fused-ring (bicyclic) bond motifs is 1. The number of Topliss-reactive ketones (excluding diaryl/α,β-unsaturated/α-hetero) is 1. The molecule has 0 aromatic heterocycles. The molecule has 1 aliphatic carbocycles. The van der Waals surface area contributed by atoms with E-state index >= 15 is 0 Å². The van der Waals surface area contributed by atoms with Gasteiger partial charge in [0.1, 0.15) is 16.9 Å². The molecule has 1 heterocycles. The fraction of sp³-hybridized carbons (Fsp3) is 0.579. The molecule has 1 aromatic rings. The van der Waals surface area contributed by atoms with E-state index in [2.05, 4.69) is 0 Å². The van der Waals surface area contributed by atoms with E-state index in [4.69, 9.17) is 18.9 Å². The van der Waals surface area contributed by atoms with E-state index in [0.29, 0.717) is 12.8 Å². The van der Waals surface area contributed by atoms with Crippen LogP contribution in [0, 0.1) is 10.1 Å². The second kappa shape index (κ2) is 8.04. The van der Waals surface area contributed by atoms with Crippen LogP contribution >= 0.6 is 0 Å². The molecular formula is C19H23NO8. The number of carbonyl (C=O) groups is 2. The molecule has 1 saturated carbocycles. The number of carbonyl (C=O) groups excluding carboxylic acids is 2. The lowest BCUT2D eigenvalue weighted by atomic mass is 9.78. The number of ether oxygens (including phenoxy) is 4. The van der Waals surface area contributed by atoms with Crippen LogP contribution in [0.3, 0.4) is 0 Å². The van der Waals surface area contributed by atoms with Crippen molar-refractivity contribution in [2.24, 2.45) is 0 Å². The largest absolute Gasteiger partial charge is 0.496 e. The molecule has 1 fully saturated rings.